The zero-order chi connectivity index (χ0) is 22.6. The van der Waals surface area contributed by atoms with Crippen LogP contribution < -0.4 is 15.5 Å². The number of anilines is 2. The number of aromatic nitrogens is 2. The minimum atomic E-state index is 0.0798. The molecule has 4 rings (SSSR count). The largest absolute Gasteiger partial charge is 0.361 e. The number of piperidine rings is 1. The summed E-state index contributed by atoms with van der Waals surface area (Å²) in [5, 5.41) is 8.07. The second-order valence-electron chi connectivity index (χ2n) is 9.38. The van der Waals surface area contributed by atoms with E-state index < -0.39 is 0 Å². The maximum Gasteiger partial charge on any atom is 0.231 e. The third kappa shape index (κ3) is 5.52. The van der Waals surface area contributed by atoms with Crippen LogP contribution in [-0.4, -0.2) is 34.2 Å². The summed E-state index contributed by atoms with van der Waals surface area (Å²) < 4.78 is 0. The van der Waals surface area contributed by atoms with Crippen LogP contribution in [0.4, 0.5) is 11.8 Å². The van der Waals surface area contributed by atoms with Crippen LogP contribution in [0.2, 0.25) is 5.02 Å². The molecule has 0 amide bonds. The van der Waals surface area contributed by atoms with Crippen molar-refractivity contribution in [2.75, 3.05) is 23.3 Å². The minimum Gasteiger partial charge on any atom is -0.361 e. The van der Waals surface area contributed by atoms with Gasteiger partial charge in [0.15, 0.2) is 5.11 Å². The molecule has 1 saturated carbocycles. The molecule has 2 fully saturated rings. The lowest BCUT2D eigenvalue weighted by atomic mass is 9.69. The summed E-state index contributed by atoms with van der Waals surface area (Å²) in [5.41, 5.74) is 2.37. The second-order valence-corrected chi connectivity index (χ2v) is 10.2. The molecule has 172 valence electrons. The lowest BCUT2D eigenvalue weighted by molar-refractivity contribution is 0.292. The van der Waals surface area contributed by atoms with Crippen molar-refractivity contribution in [3.8, 4) is 0 Å². The smallest absolute Gasteiger partial charge is 0.231 e. The highest BCUT2D eigenvalue weighted by molar-refractivity contribution is 7.80. The van der Waals surface area contributed by atoms with Gasteiger partial charge in [-0.3, -0.25) is 0 Å². The lowest BCUT2D eigenvalue weighted by Gasteiger charge is -2.38. The van der Waals surface area contributed by atoms with Crippen LogP contribution in [0.5, 0.6) is 0 Å². The Morgan fingerprint density at radius 2 is 1.88 bits per heavy atom. The first kappa shape index (κ1) is 23.2. The van der Waals surface area contributed by atoms with Crippen molar-refractivity contribution < 1.29 is 0 Å². The maximum atomic E-state index is 6.14. The average molecular weight is 472 g/mol. The highest BCUT2D eigenvalue weighted by atomic mass is 35.5. The van der Waals surface area contributed by atoms with E-state index in [2.05, 4.69) is 45.6 Å². The molecule has 1 saturated heterocycles. The van der Waals surface area contributed by atoms with Crippen molar-refractivity contribution in [3.63, 3.8) is 0 Å². The Kier molecular flexibility index (Phi) is 7.51. The van der Waals surface area contributed by atoms with Crippen LogP contribution in [0.25, 0.3) is 0 Å². The number of hydrogen-bond acceptors (Lipinski definition) is 4. The maximum absolute atomic E-state index is 6.14. The first-order chi connectivity index (χ1) is 15.4. The van der Waals surface area contributed by atoms with E-state index in [4.69, 9.17) is 28.8 Å². The fourth-order valence-corrected chi connectivity index (χ4v) is 5.48. The van der Waals surface area contributed by atoms with E-state index in [9.17, 15) is 0 Å². The van der Waals surface area contributed by atoms with Gasteiger partial charge in [-0.15, -0.1) is 0 Å². The zero-order valence-electron chi connectivity index (χ0n) is 19.2. The first-order valence-electron chi connectivity index (χ1n) is 11.9. The summed E-state index contributed by atoms with van der Waals surface area (Å²) in [7, 11) is 0. The number of aryl methyl sites for hydroxylation is 1. The van der Waals surface area contributed by atoms with Gasteiger partial charge in [0, 0.05) is 41.3 Å². The SMILES string of the molecule is Cc1cc(N2CCCC[C@H]2C)nc(NC(=S)NCC2(c3ccc(Cl)cc3)CCCCC2)n1. The molecule has 2 aliphatic rings. The lowest BCUT2D eigenvalue weighted by Crippen LogP contribution is -2.43. The predicted molar refractivity (Wildman–Crippen MR) is 138 cm³/mol. The summed E-state index contributed by atoms with van der Waals surface area (Å²) >= 11 is 11.8. The third-order valence-electron chi connectivity index (χ3n) is 7.02. The van der Waals surface area contributed by atoms with Crippen LogP contribution in [0, 0.1) is 6.92 Å². The molecule has 5 nitrogen and oxygen atoms in total. The van der Waals surface area contributed by atoms with Gasteiger partial charge in [0.2, 0.25) is 5.95 Å². The van der Waals surface area contributed by atoms with Gasteiger partial charge in [0.05, 0.1) is 0 Å². The standard InChI is InChI=1S/C25H34ClN5S/c1-18-16-22(31-15-7-4-8-19(31)2)29-23(28-18)30-24(32)27-17-25(13-5-3-6-14-25)20-9-11-21(26)12-10-20/h9-12,16,19H,3-8,13-15,17H2,1-2H3,(H2,27,28,29,30,32)/t19-/m1/s1. The van der Waals surface area contributed by atoms with Crippen LogP contribution in [0.3, 0.4) is 0 Å². The highest BCUT2D eigenvalue weighted by Gasteiger charge is 2.34. The zero-order valence-corrected chi connectivity index (χ0v) is 20.7. The number of halogens is 1. The molecular weight excluding hydrogens is 438 g/mol. The first-order valence-corrected chi connectivity index (χ1v) is 12.7. The number of rotatable bonds is 5. The molecule has 1 aliphatic carbocycles. The number of benzene rings is 1. The van der Waals surface area contributed by atoms with Gasteiger partial charge in [-0.2, -0.15) is 4.98 Å². The summed E-state index contributed by atoms with van der Waals surface area (Å²) in [5.74, 6) is 1.55. The highest BCUT2D eigenvalue weighted by Crippen LogP contribution is 2.39. The molecule has 7 heteroatoms. The second kappa shape index (κ2) is 10.3. The van der Waals surface area contributed by atoms with Crippen molar-refractivity contribution >= 4 is 40.7 Å². The van der Waals surface area contributed by atoms with Gasteiger partial charge >= 0.3 is 0 Å². The normalized spacial score (nSPS) is 20.6. The molecular formula is C25H34ClN5S. The van der Waals surface area contributed by atoms with E-state index in [1.54, 1.807) is 0 Å². The van der Waals surface area contributed by atoms with Gasteiger partial charge in [-0.25, -0.2) is 4.98 Å². The van der Waals surface area contributed by atoms with E-state index in [1.165, 1.54) is 44.1 Å². The molecule has 1 atom stereocenters. The van der Waals surface area contributed by atoms with Crippen LogP contribution in [0.15, 0.2) is 30.3 Å². The van der Waals surface area contributed by atoms with Crippen LogP contribution in [-0.2, 0) is 5.41 Å². The van der Waals surface area contributed by atoms with Crippen LogP contribution in [0.1, 0.15) is 69.5 Å². The molecule has 2 aromatic rings. The molecule has 0 spiro atoms. The summed E-state index contributed by atoms with van der Waals surface area (Å²) in [6, 6.07) is 10.9. The Bertz CT molecular complexity index is 926. The number of nitrogens with zero attached hydrogens (tertiary/aromatic N) is 3. The van der Waals surface area contributed by atoms with E-state index in [0.717, 1.165) is 42.5 Å². The molecule has 2 heterocycles. The average Bonchev–Trinajstić information content (AvgIpc) is 2.79. The molecule has 2 N–H and O–H groups in total. The predicted octanol–water partition coefficient (Wildman–Crippen LogP) is 6.01. The van der Waals surface area contributed by atoms with E-state index in [-0.39, 0.29) is 5.41 Å². The van der Waals surface area contributed by atoms with Gasteiger partial charge in [-0.05, 0) is 75.9 Å². The van der Waals surface area contributed by atoms with Gasteiger partial charge in [0.1, 0.15) is 5.82 Å². The minimum absolute atomic E-state index is 0.0798. The fraction of sp³-hybridized carbons (Fsp3) is 0.560. The Labute approximate surface area is 202 Å². The summed E-state index contributed by atoms with van der Waals surface area (Å²) in [6.45, 7) is 6.13. The van der Waals surface area contributed by atoms with Crippen molar-refractivity contribution in [3.05, 3.63) is 46.6 Å². The number of nitrogens with one attached hydrogen (secondary N) is 2. The fourth-order valence-electron chi connectivity index (χ4n) is 5.19. The molecule has 1 aliphatic heterocycles. The number of hydrogen-bond donors (Lipinski definition) is 2. The molecule has 0 radical (unpaired) electrons. The van der Waals surface area contributed by atoms with Gasteiger partial charge in [-0.1, -0.05) is 43.0 Å². The van der Waals surface area contributed by atoms with Crippen molar-refractivity contribution in [1.82, 2.24) is 15.3 Å². The Morgan fingerprint density at radius 3 is 2.59 bits per heavy atom. The molecule has 1 aromatic carbocycles. The van der Waals surface area contributed by atoms with Gasteiger partial charge in [0.25, 0.3) is 0 Å². The molecule has 1 aromatic heterocycles. The Hall–Kier alpha value is -1.92. The third-order valence-corrected chi connectivity index (χ3v) is 7.52. The molecule has 0 bridgehead atoms. The summed E-state index contributed by atoms with van der Waals surface area (Å²) in [6.07, 6.45) is 9.79. The van der Waals surface area contributed by atoms with E-state index in [1.807, 2.05) is 19.1 Å². The van der Waals surface area contributed by atoms with E-state index in [0.29, 0.717) is 17.1 Å². The summed E-state index contributed by atoms with van der Waals surface area (Å²) in [4.78, 5) is 11.8. The monoisotopic (exact) mass is 471 g/mol. The topological polar surface area (TPSA) is 53.1 Å². The van der Waals surface area contributed by atoms with Crippen molar-refractivity contribution in [2.45, 2.75) is 76.7 Å². The Balaban J connectivity index is 1.44. The van der Waals surface area contributed by atoms with Gasteiger partial charge < -0.3 is 15.5 Å². The van der Waals surface area contributed by atoms with Crippen molar-refractivity contribution in [1.29, 1.82) is 0 Å². The Morgan fingerprint density at radius 1 is 1.12 bits per heavy atom. The van der Waals surface area contributed by atoms with Crippen LogP contribution >= 0.6 is 23.8 Å². The van der Waals surface area contributed by atoms with E-state index >= 15 is 0 Å². The van der Waals surface area contributed by atoms with Crippen molar-refractivity contribution in [2.24, 2.45) is 0 Å². The number of thiocarbonyl (C=S) groups is 1. The quantitative estimate of drug-likeness (QED) is 0.521. The molecule has 32 heavy (non-hydrogen) atoms. The molecule has 0 unspecified atom stereocenters.